The minimum absolute atomic E-state index is 0.142. The monoisotopic (exact) mass is 404 g/mol. The molecule has 0 atom stereocenters. The molecule has 0 saturated carbocycles. The Bertz CT molecular complexity index is 885. The summed E-state index contributed by atoms with van der Waals surface area (Å²) in [7, 11) is 1.43. The Labute approximate surface area is 167 Å². The smallest absolute Gasteiger partial charge is 0.342 e. The molecule has 0 bridgehead atoms. The van der Waals surface area contributed by atoms with Crippen LogP contribution in [-0.2, 0) is 20.7 Å². The fraction of sp³-hybridized carbons (Fsp3) is 0.250. The van der Waals surface area contributed by atoms with Crippen molar-refractivity contribution in [3.05, 3.63) is 58.6 Å². The number of rotatable bonds is 7. The van der Waals surface area contributed by atoms with Crippen LogP contribution in [-0.4, -0.2) is 48.0 Å². The van der Waals surface area contributed by atoms with Crippen molar-refractivity contribution < 1.29 is 24.2 Å². The Morgan fingerprint density at radius 1 is 1.18 bits per heavy atom. The zero-order valence-corrected chi connectivity index (χ0v) is 16.3. The first-order chi connectivity index (χ1) is 13.3. The molecule has 0 unspecified atom stereocenters. The van der Waals surface area contributed by atoms with E-state index in [4.69, 9.17) is 16.3 Å². The highest BCUT2D eigenvalue weighted by molar-refractivity contribution is 6.31. The summed E-state index contributed by atoms with van der Waals surface area (Å²) in [6, 6.07) is 11.3. The zero-order chi connectivity index (χ0) is 20.7. The Balaban J connectivity index is 1.87. The fourth-order valence-corrected chi connectivity index (χ4v) is 2.60. The van der Waals surface area contributed by atoms with Gasteiger partial charge in [0.25, 0.3) is 5.91 Å². The van der Waals surface area contributed by atoms with Crippen molar-refractivity contribution in [3.63, 3.8) is 0 Å². The molecule has 0 aliphatic heterocycles. The summed E-state index contributed by atoms with van der Waals surface area (Å²) < 4.78 is 4.90. The molecule has 0 aliphatic carbocycles. The van der Waals surface area contributed by atoms with Crippen LogP contribution in [0.3, 0.4) is 0 Å². The first-order valence-electron chi connectivity index (χ1n) is 8.59. The number of nitrogens with one attached hydrogen (secondary N) is 1. The van der Waals surface area contributed by atoms with E-state index in [-0.39, 0.29) is 28.8 Å². The summed E-state index contributed by atoms with van der Waals surface area (Å²) in [5, 5.41) is 12.7. The lowest BCUT2D eigenvalue weighted by Gasteiger charge is -2.17. The lowest BCUT2D eigenvalue weighted by atomic mass is 10.1. The van der Waals surface area contributed by atoms with Gasteiger partial charge in [-0.2, -0.15) is 0 Å². The molecule has 0 saturated heterocycles. The van der Waals surface area contributed by atoms with Crippen molar-refractivity contribution in [1.29, 1.82) is 0 Å². The maximum Gasteiger partial charge on any atom is 0.342 e. The van der Waals surface area contributed by atoms with E-state index in [1.54, 1.807) is 6.07 Å². The molecule has 8 heteroatoms. The number of hydrogen-bond donors (Lipinski definition) is 2. The maximum absolute atomic E-state index is 12.2. The maximum atomic E-state index is 12.2. The topological polar surface area (TPSA) is 95.9 Å². The number of carbonyl (C=O) groups is 3. The summed E-state index contributed by atoms with van der Waals surface area (Å²) in [5.41, 5.74) is 1.54. The van der Waals surface area contributed by atoms with Gasteiger partial charge in [-0.3, -0.25) is 9.59 Å². The number of benzene rings is 2. The van der Waals surface area contributed by atoms with E-state index in [0.29, 0.717) is 5.69 Å². The number of ether oxygens (including phenoxy) is 1. The Hall–Kier alpha value is -3.06. The van der Waals surface area contributed by atoms with Gasteiger partial charge in [-0.25, -0.2) is 4.79 Å². The molecular weight excluding hydrogens is 384 g/mol. The number of phenolic OH excluding ortho intramolecular Hbond substituents is 1. The average Bonchev–Trinajstić information content (AvgIpc) is 2.67. The highest BCUT2D eigenvalue weighted by Crippen LogP contribution is 2.22. The number of para-hydroxylation sites is 1. The first kappa shape index (κ1) is 21.2. The molecule has 2 aromatic rings. The zero-order valence-electron chi connectivity index (χ0n) is 15.6. The highest BCUT2D eigenvalue weighted by Gasteiger charge is 2.18. The van der Waals surface area contributed by atoms with Crippen molar-refractivity contribution >= 4 is 35.1 Å². The number of anilines is 1. The molecule has 2 N–H and O–H groups in total. The minimum atomic E-state index is -0.886. The molecule has 2 rings (SSSR count). The molecule has 148 valence electrons. The quantitative estimate of drug-likeness (QED) is 0.692. The van der Waals surface area contributed by atoms with E-state index in [1.807, 2.05) is 25.1 Å². The van der Waals surface area contributed by atoms with Crippen LogP contribution in [0.15, 0.2) is 42.5 Å². The van der Waals surface area contributed by atoms with Gasteiger partial charge in [0.05, 0.1) is 6.54 Å². The van der Waals surface area contributed by atoms with Crippen LogP contribution in [0.4, 0.5) is 5.69 Å². The van der Waals surface area contributed by atoms with Crippen LogP contribution in [0.1, 0.15) is 22.8 Å². The molecule has 0 spiro atoms. The minimum Gasteiger partial charge on any atom is -0.507 e. The van der Waals surface area contributed by atoms with Crippen LogP contribution in [0.25, 0.3) is 0 Å². The van der Waals surface area contributed by atoms with Crippen LogP contribution < -0.4 is 5.32 Å². The second kappa shape index (κ2) is 9.75. The number of phenols is 1. The van der Waals surface area contributed by atoms with Gasteiger partial charge in [0, 0.05) is 17.8 Å². The van der Waals surface area contributed by atoms with Gasteiger partial charge in [0.15, 0.2) is 6.61 Å². The van der Waals surface area contributed by atoms with Crippen molar-refractivity contribution in [2.24, 2.45) is 0 Å². The average molecular weight is 405 g/mol. The van der Waals surface area contributed by atoms with Gasteiger partial charge >= 0.3 is 5.97 Å². The standard InChI is InChI=1S/C20H21ClN2O5/c1-3-13-6-4-5-7-16(13)22-18(25)11-23(2)19(26)12-28-20(27)15-10-14(21)8-9-17(15)24/h4-10,24H,3,11-12H2,1-2H3,(H,22,25). The number of aryl methyl sites for hydroxylation is 1. The predicted octanol–water partition coefficient (Wildman–Crippen LogP) is 2.86. The SMILES string of the molecule is CCc1ccccc1NC(=O)CN(C)C(=O)COC(=O)c1cc(Cl)ccc1O. The number of likely N-dealkylation sites (N-methyl/N-ethyl adjacent to an activating group) is 1. The number of amides is 2. The van der Waals surface area contributed by atoms with Gasteiger partial charge in [0.2, 0.25) is 5.91 Å². The summed E-state index contributed by atoms with van der Waals surface area (Å²) in [5.74, 6) is -2.11. The first-order valence-corrected chi connectivity index (χ1v) is 8.97. The molecule has 2 aromatic carbocycles. The molecule has 0 aromatic heterocycles. The second-order valence-corrected chi connectivity index (χ2v) is 6.48. The van der Waals surface area contributed by atoms with E-state index in [0.717, 1.165) is 16.9 Å². The van der Waals surface area contributed by atoms with Gasteiger partial charge in [-0.15, -0.1) is 0 Å². The number of halogens is 1. The van der Waals surface area contributed by atoms with Crippen molar-refractivity contribution in [2.45, 2.75) is 13.3 Å². The van der Waals surface area contributed by atoms with Crippen molar-refractivity contribution in [2.75, 3.05) is 25.5 Å². The highest BCUT2D eigenvalue weighted by atomic mass is 35.5. The molecule has 0 heterocycles. The van der Waals surface area contributed by atoms with Gasteiger partial charge in [0.1, 0.15) is 11.3 Å². The van der Waals surface area contributed by atoms with E-state index >= 15 is 0 Å². The number of nitrogens with zero attached hydrogens (tertiary/aromatic N) is 1. The third kappa shape index (κ3) is 5.72. The molecule has 0 aliphatic rings. The predicted molar refractivity (Wildman–Crippen MR) is 105 cm³/mol. The molecule has 28 heavy (non-hydrogen) atoms. The number of aromatic hydroxyl groups is 1. The second-order valence-electron chi connectivity index (χ2n) is 6.05. The van der Waals surface area contributed by atoms with E-state index in [2.05, 4.69) is 5.32 Å². The Kier molecular flexibility index (Phi) is 7.40. The summed E-state index contributed by atoms with van der Waals surface area (Å²) in [4.78, 5) is 37.4. The van der Waals surface area contributed by atoms with Gasteiger partial charge in [-0.1, -0.05) is 36.7 Å². The lowest BCUT2D eigenvalue weighted by molar-refractivity contribution is -0.136. The summed E-state index contributed by atoms with van der Waals surface area (Å²) >= 11 is 5.78. The number of hydrogen-bond acceptors (Lipinski definition) is 5. The third-order valence-electron chi connectivity index (χ3n) is 3.98. The number of carbonyl (C=O) groups excluding carboxylic acids is 3. The van der Waals surface area contributed by atoms with Crippen LogP contribution >= 0.6 is 11.6 Å². The van der Waals surface area contributed by atoms with Crippen LogP contribution in [0.2, 0.25) is 5.02 Å². The van der Waals surface area contributed by atoms with E-state index in [9.17, 15) is 19.5 Å². The summed E-state index contributed by atoms with van der Waals surface area (Å²) in [6.45, 7) is 1.21. The van der Waals surface area contributed by atoms with Crippen LogP contribution in [0, 0.1) is 0 Å². The van der Waals surface area contributed by atoms with Gasteiger partial charge in [-0.05, 0) is 36.2 Å². The van der Waals surface area contributed by atoms with Crippen LogP contribution in [0.5, 0.6) is 5.75 Å². The van der Waals surface area contributed by atoms with Gasteiger partial charge < -0.3 is 20.1 Å². The fourth-order valence-electron chi connectivity index (χ4n) is 2.43. The molecule has 0 fully saturated rings. The van der Waals surface area contributed by atoms with Crippen molar-refractivity contribution in [3.8, 4) is 5.75 Å². The molecule has 7 nitrogen and oxygen atoms in total. The van der Waals surface area contributed by atoms with E-state index in [1.165, 1.54) is 25.2 Å². The largest absolute Gasteiger partial charge is 0.507 e. The number of esters is 1. The normalized spacial score (nSPS) is 10.2. The lowest BCUT2D eigenvalue weighted by Crippen LogP contribution is -2.37. The summed E-state index contributed by atoms with van der Waals surface area (Å²) in [6.07, 6.45) is 0.761. The molecule has 2 amide bonds. The van der Waals surface area contributed by atoms with Crippen molar-refractivity contribution in [1.82, 2.24) is 4.90 Å². The Morgan fingerprint density at radius 2 is 1.89 bits per heavy atom. The molecule has 0 radical (unpaired) electrons. The Morgan fingerprint density at radius 3 is 2.61 bits per heavy atom. The third-order valence-corrected chi connectivity index (χ3v) is 4.22. The molecular formula is C20H21ClN2O5. The van der Waals surface area contributed by atoms with E-state index < -0.39 is 18.5 Å².